The van der Waals surface area contributed by atoms with E-state index < -0.39 is 0 Å². The molecule has 0 saturated heterocycles. The Bertz CT molecular complexity index is 244. The van der Waals surface area contributed by atoms with Gasteiger partial charge >= 0.3 is 0 Å². The van der Waals surface area contributed by atoms with E-state index in [-0.39, 0.29) is 17.9 Å². The number of hydrogen-bond donors (Lipinski definition) is 2. The smallest absolute Gasteiger partial charge is 0.223 e. The van der Waals surface area contributed by atoms with Gasteiger partial charge in [-0.05, 0) is 25.7 Å². The molecule has 1 saturated carbocycles. The molecule has 84 valence electrons. The standard InChI is InChI=1S/C12H20N2O/c1-2-3-4-8-14-12(15)10-6-5-7-11(13)9-10/h1,10-11H,3-9,13H2,(H,14,15). The van der Waals surface area contributed by atoms with Gasteiger partial charge in [-0.3, -0.25) is 4.79 Å². The number of carbonyl (C=O) groups is 1. The number of terminal acetylenes is 1. The minimum Gasteiger partial charge on any atom is -0.356 e. The average molecular weight is 208 g/mol. The predicted molar refractivity (Wildman–Crippen MR) is 61.0 cm³/mol. The van der Waals surface area contributed by atoms with Gasteiger partial charge in [0.05, 0.1) is 0 Å². The van der Waals surface area contributed by atoms with Gasteiger partial charge in [0, 0.05) is 24.9 Å². The molecule has 1 amide bonds. The van der Waals surface area contributed by atoms with E-state index in [0.29, 0.717) is 6.54 Å². The maximum Gasteiger partial charge on any atom is 0.223 e. The van der Waals surface area contributed by atoms with Crippen molar-refractivity contribution >= 4 is 5.91 Å². The van der Waals surface area contributed by atoms with Gasteiger partial charge in [0.25, 0.3) is 0 Å². The molecule has 0 radical (unpaired) electrons. The lowest BCUT2D eigenvalue weighted by molar-refractivity contribution is -0.126. The van der Waals surface area contributed by atoms with Gasteiger partial charge in [0.2, 0.25) is 5.91 Å². The molecule has 3 heteroatoms. The molecular weight excluding hydrogens is 188 g/mol. The maximum atomic E-state index is 11.7. The molecule has 0 aliphatic heterocycles. The molecule has 2 unspecified atom stereocenters. The van der Waals surface area contributed by atoms with E-state index >= 15 is 0 Å². The van der Waals surface area contributed by atoms with Crippen LogP contribution in [0.4, 0.5) is 0 Å². The molecule has 1 aliphatic carbocycles. The van der Waals surface area contributed by atoms with E-state index in [0.717, 1.165) is 38.5 Å². The zero-order valence-corrected chi connectivity index (χ0v) is 9.17. The lowest BCUT2D eigenvalue weighted by Gasteiger charge is -2.25. The van der Waals surface area contributed by atoms with Gasteiger partial charge in [-0.2, -0.15) is 0 Å². The molecule has 1 fully saturated rings. The Labute approximate surface area is 91.8 Å². The molecule has 2 atom stereocenters. The maximum absolute atomic E-state index is 11.7. The molecular formula is C12H20N2O. The van der Waals surface area contributed by atoms with Gasteiger partial charge in [-0.1, -0.05) is 6.42 Å². The summed E-state index contributed by atoms with van der Waals surface area (Å²) in [5, 5.41) is 2.92. The molecule has 3 N–H and O–H groups in total. The number of rotatable bonds is 4. The molecule has 15 heavy (non-hydrogen) atoms. The molecule has 1 aliphatic rings. The minimum absolute atomic E-state index is 0.125. The van der Waals surface area contributed by atoms with E-state index in [1.54, 1.807) is 0 Å². The van der Waals surface area contributed by atoms with E-state index in [1.165, 1.54) is 0 Å². The Kier molecular flexibility index (Phi) is 5.20. The van der Waals surface area contributed by atoms with Crippen molar-refractivity contribution in [2.24, 2.45) is 11.7 Å². The Balaban J connectivity index is 2.18. The molecule has 0 aromatic rings. The molecule has 3 nitrogen and oxygen atoms in total. The van der Waals surface area contributed by atoms with Crippen LogP contribution in [0, 0.1) is 18.3 Å². The fraction of sp³-hybridized carbons (Fsp3) is 0.750. The summed E-state index contributed by atoms with van der Waals surface area (Å²) < 4.78 is 0. The number of nitrogens with one attached hydrogen (secondary N) is 1. The SMILES string of the molecule is C#CCCCNC(=O)C1CCCC(N)C1. The number of nitrogens with two attached hydrogens (primary N) is 1. The van der Waals surface area contributed by atoms with Gasteiger partial charge in [0.1, 0.15) is 0 Å². The summed E-state index contributed by atoms with van der Waals surface area (Å²) in [4.78, 5) is 11.7. The fourth-order valence-electron chi connectivity index (χ4n) is 2.01. The molecule has 0 bridgehead atoms. The van der Waals surface area contributed by atoms with Crippen LogP contribution in [-0.4, -0.2) is 18.5 Å². The molecule has 1 rings (SSSR count). The monoisotopic (exact) mass is 208 g/mol. The van der Waals surface area contributed by atoms with Crippen molar-refractivity contribution in [3.05, 3.63) is 0 Å². The lowest BCUT2D eigenvalue weighted by Crippen LogP contribution is -2.38. The summed E-state index contributed by atoms with van der Waals surface area (Å²) in [5.74, 6) is 2.84. The van der Waals surface area contributed by atoms with Crippen molar-refractivity contribution in [3.8, 4) is 12.3 Å². The van der Waals surface area contributed by atoms with Gasteiger partial charge in [-0.15, -0.1) is 12.3 Å². The third-order valence-corrected chi connectivity index (χ3v) is 2.88. The molecule has 0 heterocycles. The van der Waals surface area contributed by atoms with E-state index in [9.17, 15) is 4.79 Å². The van der Waals surface area contributed by atoms with E-state index in [1.807, 2.05) is 0 Å². The number of carbonyl (C=O) groups excluding carboxylic acids is 1. The van der Waals surface area contributed by atoms with Crippen molar-refractivity contribution in [1.29, 1.82) is 0 Å². The Morgan fingerprint density at radius 1 is 1.53 bits per heavy atom. The fourth-order valence-corrected chi connectivity index (χ4v) is 2.01. The first-order valence-corrected chi connectivity index (χ1v) is 5.70. The highest BCUT2D eigenvalue weighted by Crippen LogP contribution is 2.22. The van der Waals surface area contributed by atoms with Gasteiger partial charge in [0.15, 0.2) is 0 Å². The van der Waals surface area contributed by atoms with Crippen molar-refractivity contribution in [2.75, 3.05) is 6.54 Å². The first-order valence-electron chi connectivity index (χ1n) is 5.70. The Morgan fingerprint density at radius 2 is 2.33 bits per heavy atom. The summed E-state index contributed by atoms with van der Waals surface area (Å²) in [6.45, 7) is 0.689. The third-order valence-electron chi connectivity index (χ3n) is 2.88. The van der Waals surface area contributed by atoms with Crippen LogP contribution in [-0.2, 0) is 4.79 Å². The second-order valence-electron chi connectivity index (χ2n) is 4.22. The summed E-state index contributed by atoms with van der Waals surface area (Å²) in [6.07, 6.45) is 10.7. The van der Waals surface area contributed by atoms with Gasteiger partial charge < -0.3 is 11.1 Å². The highest BCUT2D eigenvalue weighted by molar-refractivity contribution is 5.78. The summed E-state index contributed by atoms with van der Waals surface area (Å²) in [7, 11) is 0. The van der Waals surface area contributed by atoms with Crippen LogP contribution in [0.15, 0.2) is 0 Å². The van der Waals surface area contributed by atoms with Crippen LogP contribution in [0.25, 0.3) is 0 Å². The van der Waals surface area contributed by atoms with Crippen LogP contribution in [0.5, 0.6) is 0 Å². The Hall–Kier alpha value is -1.01. The second-order valence-corrected chi connectivity index (χ2v) is 4.22. The zero-order chi connectivity index (χ0) is 11.1. The van der Waals surface area contributed by atoms with Gasteiger partial charge in [-0.25, -0.2) is 0 Å². The van der Waals surface area contributed by atoms with Crippen molar-refractivity contribution < 1.29 is 4.79 Å². The van der Waals surface area contributed by atoms with Crippen LogP contribution in [0.1, 0.15) is 38.5 Å². The quantitative estimate of drug-likeness (QED) is 0.535. The summed E-state index contributed by atoms with van der Waals surface area (Å²) in [5.41, 5.74) is 5.83. The van der Waals surface area contributed by atoms with E-state index in [2.05, 4.69) is 11.2 Å². The molecule has 0 aromatic heterocycles. The second kappa shape index (κ2) is 6.47. The number of unbranched alkanes of at least 4 members (excludes halogenated alkanes) is 1. The summed E-state index contributed by atoms with van der Waals surface area (Å²) >= 11 is 0. The topological polar surface area (TPSA) is 55.1 Å². The normalized spacial score (nSPS) is 25.6. The number of hydrogen-bond acceptors (Lipinski definition) is 2. The average Bonchev–Trinajstić information content (AvgIpc) is 2.24. The van der Waals surface area contributed by atoms with Crippen LogP contribution in [0.2, 0.25) is 0 Å². The number of amides is 1. The first-order chi connectivity index (χ1) is 7.24. The van der Waals surface area contributed by atoms with Crippen LogP contribution < -0.4 is 11.1 Å². The van der Waals surface area contributed by atoms with Crippen molar-refractivity contribution in [3.63, 3.8) is 0 Å². The lowest BCUT2D eigenvalue weighted by atomic mass is 9.85. The Morgan fingerprint density at radius 3 is 3.00 bits per heavy atom. The van der Waals surface area contributed by atoms with Crippen LogP contribution in [0.3, 0.4) is 0 Å². The highest BCUT2D eigenvalue weighted by Gasteiger charge is 2.24. The zero-order valence-electron chi connectivity index (χ0n) is 9.17. The molecule has 0 aromatic carbocycles. The summed E-state index contributed by atoms with van der Waals surface area (Å²) in [6, 6.07) is 0.209. The third kappa shape index (κ3) is 4.35. The molecule has 0 spiro atoms. The largest absolute Gasteiger partial charge is 0.356 e. The van der Waals surface area contributed by atoms with E-state index in [4.69, 9.17) is 12.2 Å². The van der Waals surface area contributed by atoms with Crippen molar-refractivity contribution in [2.45, 2.75) is 44.6 Å². The van der Waals surface area contributed by atoms with Crippen molar-refractivity contribution in [1.82, 2.24) is 5.32 Å². The minimum atomic E-state index is 0.125. The highest BCUT2D eigenvalue weighted by atomic mass is 16.1. The predicted octanol–water partition coefficient (Wildman–Crippen LogP) is 1.03. The van der Waals surface area contributed by atoms with Crippen LogP contribution >= 0.6 is 0 Å². The first kappa shape index (κ1) is 12.1.